The summed E-state index contributed by atoms with van der Waals surface area (Å²) >= 11 is 0. The fourth-order valence-corrected chi connectivity index (χ4v) is 2.08. The Morgan fingerprint density at radius 2 is 2.13 bits per heavy atom. The zero-order valence-electron chi connectivity index (χ0n) is 9.32. The first-order valence-electron chi connectivity index (χ1n) is 5.90. The Kier molecular flexibility index (Phi) is 3.67. The maximum Gasteiger partial charge on any atom is 0.145 e. The van der Waals surface area contributed by atoms with Gasteiger partial charge in [-0.3, -0.25) is 0 Å². The molecule has 1 heterocycles. The molecule has 1 N–H and O–H groups in total. The van der Waals surface area contributed by atoms with Crippen molar-refractivity contribution in [3.8, 4) is 0 Å². The number of hydrogen-bond donors (Lipinski definition) is 1. The maximum absolute atomic E-state index is 4.34. The van der Waals surface area contributed by atoms with Gasteiger partial charge in [0.15, 0.2) is 0 Å². The van der Waals surface area contributed by atoms with Gasteiger partial charge in [-0.2, -0.15) is 0 Å². The minimum Gasteiger partial charge on any atom is -0.308 e. The van der Waals surface area contributed by atoms with E-state index in [1.54, 1.807) is 0 Å². The van der Waals surface area contributed by atoms with Crippen LogP contribution in [0.2, 0.25) is 0 Å². The second-order valence-electron chi connectivity index (χ2n) is 4.25. The van der Waals surface area contributed by atoms with E-state index in [1.165, 1.54) is 25.7 Å². The minimum absolute atomic E-state index is 0.349. The van der Waals surface area contributed by atoms with Crippen LogP contribution >= 0.6 is 0 Å². The molecule has 1 unspecified atom stereocenters. The quantitative estimate of drug-likeness (QED) is 0.801. The van der Waals surface area contributed by atoms with E-state index in [0.717, 1.165) is 18.3 Å². The van der Waals surface area contributed by atoms with Crippen LogP contribution in [-0.2, 0) is 0 Å². The van der Waals surface area contributed by atoms with Gasteiger partial charge in [0.05, 0.1) is 6.04 Å². The molecule has 0 bridgehead atoms. The molecule has 1 aliphatic rings. The molecule has 15 heavy (non-hydrogen) atoms. The Bertz CT molecular complexity index is 282. The fraction of sp³-hybridized carbons (Fsp3) is 0.667. The lowest BCUT2D eigenvalue weighted by molar-refractivity contribution is 0.258. The molecule has 0 aromatic carbocycles. The van der Waals surface area contributed by atoms with Gasteiger partial charge < -0.3 is 5.32 Å². The van der Waals surface area contributed by atoms with E-state index in [1.807, 2.05) is 18.5 Å². The highest BCUT2D eigenvalue weighted by Gasteiger charge is 2.23. The highest BCUT2D eigenvalue weighted by atomic mass is 15.0. The molecule has 1 aromatic heterocycles. The smallest absolute Gasteiger partial charge is 0.145 e. The van der Waals surface area contributed by atoms with Crippen LogP contribution in [0.1, 0.15) is 44.5 Å². The molecule has 1 saturated carbocycles. The van der Waals surface area contributed by atoms with E-state index in [2.05, 4.69) is 22.2 Å². The Balaban J connectivity index is 1.98. The van der Waals surface area contributed by atoms with Gasteiger partial charge in [-0.1, -0.05) is 26.2 Å². The maximum atomic E-state index is 4.34. The van der Waals surface area contributed by atoms with Crippen LogP contribution in [0.4, 0.5) is 0 Å². The zero-order valence-corrected chi connectivity index (χ0v) is 9.32. The van der Waals surface area contributed by atoms with Crippen molar-refractivity contribution in [2.75, 3.05) is 6.54 Å². The normalized spacial score (nSPS) is 18.5. The van der Waals surface area contributed by atoms with Crippen molar-refractivity contribution < 1.29 is 0 Å². The minimum atomic E-state index is 0.349. The lowest BCUT2D eigenvalue weighted by Crippen LogP contribution is -2.27. The Hall–Kier alpha value is -0.960. The summed E-state index contributed by atoms with van der Waals surface area (Å²) in [5.41, 5.74) is 0. The van der Waals surface area contributed by atoms with Crippen LogP contribution in [0.5, 0.6) is 0 Å². The molecule has 3 nitrogen and oxygen atoms in total. The topological polar surface area (TPSA) is 37.8 Å². The van der Waals surface area contributed by atoms with Crippen molar-refractivity contribution in [3.63, 3.8) is 0 Å². The van der Waals surface area contributed by atoms with Gasteiger partial charge >= 0.3 is 0 Å². The van der Waals surface area contributed by atoms with Gasteiger partial charge in [0.1, 0.15) is 5.82 Å². The third-order valence-corrected chi connectivity index (χ3v) is 3.14. The summed E-state index contributed by atoms with van der Waals surface area (Å²) in [7, 11) is 0. The van der Waals surface area contributed by atoms with Crippen LogP contribution in [0.25, 0.3) is 0 Å². The van der Waals surface area contributed by atoms with E-state index in [4.69, 9.17) is 0 Å². The lowest BCUT2D eigenvalue weighted by Gasteiger charge is -2.29. The molecule has 0 radical (unpaired) electrons. The predicted molar refractivity (Wildman–Crippen MR) is 60.4 cm³/mol. The van der Waals surface area contributed by atoms with Gasteiger partial charge in [0.2, 0.25) is 0 Å². The SMILES string of the molecule is CCNC(CC1CCC1)c1ncccn1. The largest absolute Gasteiger partial charge is 0.308 e. The van der Waals surface area contributed by atoms with Crippen molar-refractivity contribution in [2.45, 2.75) is 38.6 Å². The molecule has 0 amide bonds. The summed E-state index contributed by atoms with van der Waals surface area (Å²) in [5.74, 6) is 1.84. The van der Waals surface area contributed by atoms with Crippen LogP contribution < -0.4 is 5.32 Å². The van der Waals surface area contributed by atoms with Gasteiger partial charge in [0.25, 0.3) is 0 Å². The summed E-state index contributed by atoms with van der Waals surface area (Å²) < 4.78 is 0. The van der Waals surface area contributed by atoms with E-state index >= 15 is 0 Å². The predicted octanol–water partition coefficient (Wildman–Crippen LogP) is 2.32. The fourth-order valence-electron chi connectivity index (χ4n) is 2.08. The summed E-state index contributed by atoms with van der Waals surface area (Å²) in [6.45, 7) is 3.12. The lowest BCUT2D eigenvalue weighted by atomic mass is 9.80. The number of nitrogens with one attached hydrogen (secondary N) is 1. The summed E-state index contributed by atoms with van der Waals surface area (Å²) in [6.07, 6.45) is 9.02. The van der Waals surface area contributed by atoms with Gasteiger partial charge in [-0.05, 0) is 24.9 Å². The third kappa shape index (κ3) is 2.75. The number of aromatic nitrogens is 2. The van der Waals surface area contributed by atoms with Crippen molar-refractivity contribution >= 4 is 0 Å². The van der Waals surface area contributed by atoms with Crippen LogP contribution in [0.15, 0.2) is 18.5 Å². The molecule has 1 fully saturated rings. The van der Waals surface area contributed by atoms with Gasteiger partial charge in [-0.15, -0.1) is 0 Å². The van der Waals surface area contributed by atoms with Crippen LogP contribution in [0, 0.1) is 5.92 Å². The average molecular weight is 205 g/mol. The molecule has 3 heteroatoms. The average Bonchev–Trinajstić information content (AvgIpc) is 2.23. The van der Waals surface area contributed by atoms with E-state index in [0.29, 0.717) is 6.04 Å². The molecule has 82 valence electrons. The first kappa shape index (κ1) is 10.6. The Morgan fingerprint density at radius 3 is 2.67 bits per heavy atom. The summed E-state index contributed by atoms with van der Waals surface area (Å²) in [4.78, 5) is 8.67. The van der Waals surface area contributed by atoms with E-state index < -0.39 is 0 Å². The molecule has 1 aliphatic carbocycles. The number of nitrogens with zero attached hydrogens (tertiary/aromatic N) is 2. The van der Waals surface area contributed by atoms with E-state index in [-0.39, 0.29) is 0 Å². The van der Waals surface area contributed by atoms with Crippen LogP contribution in [-0.4, -0.2) is 16.5 Å². The second kappa shape index (κ2) is 5.21. The summed E-state index contributed by atoms with van der Waals surface area (Å²) in [5, 5.41) is 3.47. The summed E-state index contributed by atoms with van der Waals surface area (Å²) in [6, 6.07) is 2.22. The number of hydrogen-bond acceptors (Lipinski definition) is 3. The Labute approximate surface area is 91.3 Å². The van der Waals surface area contributed by atoms with Gasteiger partial charge in [-0.25, -0.2) is 9.97 Å². The van der Waals surface area contributed by atoms with Crippen molar-refractivity contribution in [2.24, 2.45) is 5.92 Å². The monoisotopic (exact) mass is 205 g/mol. The zero-order chi connectivity index (χ0) is 10.5. The molecular weight excluding hydrogens is 186 g/mol. The second-order valence-corrected chi connectivity index (χ2v) is 4.25. The highest BCUT2D eigenvalue weighted by molar-refractivity contribution is 4.97. The molecule has 1 aromatic rings. The highest BCUT2D eigenvalue weighted by Crippen LogP contribution is 2.33. The first-order valence-corrected chi connectivity index (χ1v) is 5.90. The van der Waals surface area contributed by atoms with Crippen molar-refractivity contribution in [1.29, 1.82) is 0 Å². The molecular formula is C12H19N3. The molecule has 0 saturated heterocycles. The molecule has 1 atom stereocenters. The molecule has 0 aliphatic heterocycles. The van der Waals surface area contributed by atoms with Crippen molar-refractivity contribution in [1.82, 2.24) is 15.3 Å². The van der Waals surface area contributed by atoms with Crippen molar-refractivity contribution in [3.05, 3.63) is 24.3 Å². The standard InChI is InChI=1S/C12H19N3/c1-2-13-11(9-10-5-3-6-10)12-14-7-4-8-15-12/h4,7-8,10-11,13H,2-3,5-6,9H2,1H3. The third-order valence-electron chi connectivity index (χ3n) is 3.14. The molecule has 0 spiro atoms. The Morgan fingerprint density at radius 1 is 1.40 bits per heavy atom. The van der Waals surface area contributed by atoms with Gasteiger partial charge in [0, 0.05) is 12.4 Å². The van der Waals surface area contributed by atoms with Crippen LogP contribution in [0.3, 0.4) is 0 Å². The number of rotatable bonds is 5. The van der Waals surface area contributed by atoms with E-state index in [9.17, 15) is 0 Å². The first-order chi connectivity index (χ1) is 7.40. The molecule has 2 rings (SSSR count).